The lowest BCUT2D eigenvalue weighted by atomic mass is 9.90. The zero-order valence-electron chi connectivity index (χ0n) is 19.9. The van der Waals surface area contributed by atoms with Gasteiger partial charge >= 0.3 is 0 Å². The van der Waals surface area contributed by atoms with Crippen LogP contribution in [-0.2, 0) is 15.1 Å². The van der Waals surface area contributed by atoms with Crippen LogP contribution in [0.15, 0.2) is 30.7 Å². The summed E-state index contributed by atoms with van der Waals surface area (Å²) < 4.78 is 16.8. The number of methoxy groups -OCH3 is 2. The second-order valence-corrected chi connectivity index (χ2v) is 9.61. The number of ether oxygens (including phenoxy) is 3. The number of halogens is 1. The number of aromatic nitrogens is 5. The molecule has 1 fully saturated rings. The van der Waals surface area contributed by atoms with Crippen LogP contribution in [0.5, 0.6) is 5.75 Å². The Morgan fingerprint density at radius 1 is 1.08 bits per heavy atom. The van der Waals surface area contributed by atoms with Gasteiger partial charge in [-0.3, -0.25) is 15.1 Å². The molecule has 1 N–H and O–H groups in total. The molecule has 1 aliphatic heterocycles. The summed E-state index contributed by atoms with van der Waals surface area (Å²) in [6.07, 6.45) is 6.10. The summed E-state index contributed by atoms with van der Waals surface area (Å²) in [5.74, 6) is 0.102. The number of nitrogens with zero attached hydrogens (tertiary/aromatic N) is 5. The molecule has 1 amide bonds. The lowest BCUT2D eigenvalue weighted by Gasteiger charge is -2.34. The molecule has 10 nitrogen and oxygen atoms in total. The van der Waals surface area contributed by atoms with E-state index in [1.807, 2.05) is 6.92 Å². The van der Waals surface area contributed by atoms with Crippen molar-refractivity contribution in [1.82, 2.24) is 24.9 Å². The summed E-state index contributed by atoms with van der Waals surface area (Å²) in [7, 11) is 3.21. The highest BCUT2D eigenvalue weighted by atomic mass is 35.5. The Balaban J connectivity index is 1.47. The topological polar surface area (TPSA) is 121 Å². The summed E-state index contributed by atoms with van der Waals surface area (Å²) in [5.41, 5.74) is 2.95. The third-order valence-corrected chi connectivity index (χ3v) is 7.19. The predicted octanol–water partition coefficient (Wildman–Crippen LogP) is 4.42. The maximum Gasteiger partial charge on any atom is 0.259 e. The van der Waals surface area contributed by atoms with Crippen LogP contribution in [0, 0.1) is 6.92 Å². The first-order valence-electron chi connectivity index (χ1n) is 11.2. The van der Waals surface area contributed by atoms with E-state index in [0.717, 1.165) is 11.4 Å². The van der Waals surface area contributed by atoms with E-state index in [9.17, 15) is 4.79 Å². The van der Waals surface area contributed by atoms with Crippen molar-refractivity contribution in [1.29, 1.82) is 0 Å². The SMILES string of the molecule is COc1cnc(Cl)cc1-c1cc(C)ncc1C(=O)Nc1nc2ncc(C3(OC)CCOCC3)nc2s1. The number of hydrogen-bond donors (Lipinski definition) is 1. The van der Waals surface area contributed by atoms with Crippen molar-refractivity contribution in [2.75, 3.05) is 32.8 Å². The molecule has 0 atom stereocenters. The quantitative estimate of drug-likeness (QED) is 0.364. The van der Waals surface area contributed by atoms with Gasteiger partial charge in [-0.15, -0.1) is 0 Å². The minimum absolute atomic E-state index is 0.282. The van der Waals surface area contributed by atoms with Crippen molar-refractivity contribution in [2.24, 2.45) is 0 Å². The molecule has 0 aliphatic carbocycles. The van der Waals surface area contributed by atoms with Gasteiger partial charge in [-0.25, -0.2) is 15.0 Å². The highest BCUT2D eigenvalue weighted by Gasteiger charge is 2.36. The van der Waals surface area contributed by atoms with Crippen molar-refractivity contribution >= 4 is 44.5 Å². The van der Waals surface area contributed by atoms with Gasteiger partial charge in [0.1, 0.15) is 16.5 Å². The molecule has 0 aromatic carbocycles. The van der Waals surface area contributed by atoms with Gasteiger partial charge in [0.15, 0.2) is 15.6 Å². The van der Waals surface area contributed by atoms with E-state index in [2.05, 4.69) is 25.3 Å². The smallest absolute Gasteiger partial charge is 0.259 e. The molecule has 36 heavy (non-hydrogen) atoms. The summed E-state index contributed by atoms with van der Waals surface area (Å²) in [6.45, 7) is 3.03. The molecule has 1 saturated heterocycles. The number of hydrogen-bond acceptors (Lipinski definition) is 10. The number of carbonyl (C=O) groups excluding carboxylic acids is 1. The second kappa shape index (κ2) is 10.0. The number of nitrogens with one attached hydrogen (secondary N) is 1. The molecular weight excluding hydrogens is 504 g/mol. The Hall–Kier alpha value is -3.25. The van der Waals surface area contributed by atoms with Crippen LogP contribution in [-0.4, -0.2) is 58.3 Å². The number of pyridine rings is 2. The van der Waals surface area contributed by atoms with Crippen LogP contribution in [0.2, 0.25) is 5.15 Å². The number of fused-ring (bicyclic) bond motifs is 1. The van der Waals surface area contributed by atoms with Crippen LogP contribution in [0.25, 0.3) is 21.6 Å². The third kappa shape index (κ3) is 4.62. The average Bonchev–Trinajstić information content (AvgIpc) is 3.30. The average molecular weight is 527 g/mol. The standard InChI is InChI=1S/C24H23ClN6O4S/c1-13-8-14(15-9-19(25)27-11-17(15)33-2)16(10-26-13)21(32)31-23-30-20-22(36-23)29-18(12-28-20)24(34-3)4-6-35-7-5-24/h8-12H,4-7H2,1-3H3,(H,28,30,31,32). The number of anilines is 1. The lowest BCUT2D eigenvalue weighted by Crippen LogP contribution is -2.36. The molecule has 0 unspecified atom stereocenters. The van der Waals surface area contributed by atoms with Gasteiger partial charge in [-0.05, 0) is 19.1 Å². The second-order valence-electron chi connectivity index (χ2n) is 8.25. The normalized spacial score (nSPS) is 15.1. The number of carbonyl (C=O) groups is 1. The first-order chi connectivity index (χ1) is 17.4. The summed E-state index contributed by atoms with van der Waals surface area (Å²) in [5, 5.41) is 3.51. The number of amides is 1. The maximum absolute atomic E-state index is 13.3. The summed E-state index contributed by atoms with van der Waals surface area (Å²) >= 11 is 7.38. The number of thiazole rings is 1. The Morgan fingerprint density at radius 2 is 1.89 bits per heavy atom. The number of aryl methyl sites for hydroxylation is 1. The van der Waals surface area contributed by atoms with E-state index < -0.39 is 5.60 Å². The van der Waals surface area contributed by atoms with E-state index in [1.165, 1.54) is 30.8 Å². The van der Waals surface area contributed by atoms with E-state index in [-0.39, 0.29) is 11.1 Å². The molecule has 4 aromatic rings. The fourth-order valence-electron chi connectivity index (χ4n) is 4.18. The lowest BCUT2D eigenvalue weighted by molar-refractivity contribution is -0.0973. The van der Waals surface area contributed by atoms with Crippen molar-refractivity contribution in [3.05, 3.63) is 52.8 Å². The largest absolute Gasteiger partial charge is 0.494 e. The first-order valence-corrected chi connectivity index (χ1v) is 12.4. The van der Waals surface area contributed by atoms with Crippen LogP contribution >= 0.6 is 22.9 Å². The van der Waals surface area contributed by atoms with E-state index >= 15 is 0 Å². The Bertz CT molecular complexity index is 1440. The molecule has 0 bridgehead atoms. The molecule has 5 rings (SSSR count). The maximum atomic E-state index is 13.3. The molecule has 186 valence electrons. The molecule has 4 aromatic heterocycles. The Kier molecular flexibility index (Phi) is 6.80. The van der Waals surface area contributed by atoms with Crippen molar-refractivity contribution < 1.29 is 19.0 Å². The highest BCUT2D eigenvalue weighted by molar-refractivity contribution is 7.21. The van der Waals surface area contributed by atoms with Gasteiger partial charge in [-0.1, -0.05) is 22.9 Å². The zero-order valence-corrected chi connectivity index (χ0v) is 21.4. The van der Waals surface area contributed by atoms with Gasteiger partial charge in [-0.2, -0.15) is 4.98 Å². The van der Waals surface area contributed by atoms with Gasteiger partial charge in [0.05, 0.1) is 30.8 Å². The zero-order chi connectivity index (χ0) is 25.3. The van der Waals surface area contributed by atoms with Gasteiger partial charge in [0, 0.05) is 56.2 Å². The van der Waals surface area contributed by atoms with Crippen LogP contribution < -0.4 is 10.1 Å². The summed E-state index contributed by atoms with van der Waals surface area (Å²) in [4.78, 5) is 36.0. The fourth-order valence-corrected chi connectivity index (χ4v) is 5.13. The van der Waals surface area contributed by atoms with Gasteiger partial charge < -0.3 is 14.2 Å². The minimum atomic E-state index is -0.541. The molecular formula is C24H23ClN6O4S. The van der Waals surface area contributed by atoms with Gasteiger partial charge in [0.25, 0.3) is 5.91 Å². The number of rotatable bonds is 6. The Morgan fingerprint density at radius 3 is 2.64 bits per heavy atom. The fraction of sp³-hybridized carbons (Fsp3) is 0.333. The molecule has 0 spiro atoms. The van der Waals surface area contributed by atoms with Crippen LogP contribution in [0.4, 0.5) is 5.13 Å². The molecule has 0 radical (unpaired) electrons. The Labute approximate surface area is 216 Å². The minimum Gasteiger partial charge on any atom is -0.494 e. The molecule has 12 heteroatoms. The van der Waals surface area contributed by atoms with Crippen LogP contribution in [0.3, 0.4) is 0 Å². The molecule has 5 heterocycles. The van der Waals surface area contributed by atoms with Crippen molar-refractivity contribution in [3.8, 4) is 16.9 Å². The highest BCUT2D eigenvalue weighted by Crippen LogP contribution is 2.36. The summed E-state index contributed by atoms with van der Waals surface area (Å²) in [6, 6.07) is 3.45. The third-order valence-electron chi connectivity index (χ3n) is 6.13. The predicted molar refractivity (Wildman–Crippen MR) is 136 cm³/mol. The van der Waals surface area contributed by atoms with E-state index in [0.29, 0.717) is 64.1 Å². The van der Waals surface area contributed by atoms with Crippen LogP contribution in [0.1, 0.15) is 34.6 Å². The molecule has 1 aliphatic rings. The van der Waals surface area contributed by atoms with Gasteiger partial charge in [0.2, 0.25) is 0 Å². The van der Waals surface area contributed by atoms with Crippen molar-refractivity contribution in [2.45, 2.75) is 25.4 Å². The monoisotopic (exact) mass is 526 g/mol. The van der Waals surface area contributed by atoms with E-state index in [1.54, 1.807) is 25.4 Å². The first kappa shape index (κ1) is 24.4. The van der Waals surface area contributed by atoms with Crippen molar-refractivity contribution in [3.63, 3.8) is 0 Å². The van der Waals surface area contributed by atoms with E-state index in [4.69, 9.17) is 30.8 Å². The molecule has 0 saturated carbocycles.